The second kappa shape index (κ2) is 11.3. The van der Waals surface area contributed by atoms with Crippen molar-refractivity contribution < 1.29 is 19.1 Å². The number of hydrogen-bond acceptors (Lipinski definition) is 7. The highest BCUT2D eigenvalue weighted by molar-refractivity contribution is 7.99. The SMILES string of the molecule is C=CCn1c(COc2cc(C)cc(C)c2)nnc1SCC(=O)Nc1ccccc1C(=O)OC. The minimum absolute atomic E-state index is 0.0860. The predicted molar refractivity (Wildman–Crippen MR) is 128 cm³/mol. The summed E-state index contributed by atoms with van der Waals surface area (Å²) in [5, 5.41) is 11.8. The largest absolute Gasteiger partial charge is 0.486 e. The molecule has 0 bridgehead atoms. The number of nitrogens with zero attached hydrogens (tertiary/aromatic N) is 3. The van der Waals surface area contributed by atoms with Gasteiger partial charge in [0.05, 0.1) is 24.1 Å². The Morgan fingerprint density at radius 1 is 1.15 bits per heavy atom. The van der Waals surface area contributed by atoms with Crippen LogP contribution in [0.25, 0.3) is 0 Å². The Balaban J connectivity index is 1.65. The second-order valence-electron chi connectivity index (χ2n) is 7.28. The van der Waals surface area contributed by atoms with Gasteiger partial charge >= 0.3 is 5.97 Å². The number of anilines is 1. The van der Waals surface area contributed by atoms with Crippen LogP contribution in [0.4, 0.5) is 5.69 Å². The van der Waals surface area contributed by atoms with Gasteiger partial charge in [0.2, 0.25) is 5.91 Å². The molecule has 0 spiro atoms. The number of thioether (sulfide) groups is 1. The van der Waals surface area contributed by atoms with Crippen molar-refractivity contribution in [3.05, 3.63) is 77.6 Å². The fourth-order valence-corrected chi connectivity index (χ4v) is 3.97. The molecule has 0 radical (unpaired) electrons. The summed E-state index contributed by atoms with van der Waals surface area (Å²) < 4.78 is 12.5. The second-order valence-corrected chi connectivity index (χ2v) is 8.23. The molecule has 0 saturated carbocycles. The molecule has 0 saturated heterocycles. The molecule has 3 aromatic rings. The van der Waals surface area contributed by atoms with E-state index >= 15 is 0 Å². The number of esters is 1. The summed E-state index contributed by atoms with van der Waals surface area (Å²) in [7, 11) is 1.30. The lowest BCUT2D eigenvalue weighted by molar-refractivity contribution is -0.113. The first-order valence-electron chi connectivity index (χ1n) is 10.2. The highest BCUT2D eigenvalue weighted by Crippen LogP contribution is 2.22. The Hall–Kier alpha value is -3.59. The Bertz CT molecular complexity index is 1140. The molecular formula is C24H26N4O4S. The fraction of sp³-hybridized carbons (Fsp3) is 0.250. The third-order valence-corrected chi connectivity index (χ3v) is 5.57. The number of methoxy groups -OCH3 is 1. The molecular weight excluding hydrogens is 440 g/mol. The summed E-state index contributed by atoms with van der Waals surface area (Å²) in [6.07, 6.45) is 1.74. The van der Waals surface area contributed by atoms with Crippen LogP contribution in [-0.2, 0) is 22.7 Å². The third kappa shape index (κ3) is 6.45. The standard InChI is InChI=1S/C24H26N4O4S/c1-5-10-28-21(14-32-18-12-16(2)11-17(3)13-18)26-27-24(28)33-15-22(29)25-20-9-7-6-8-19(20)23(30)31-4/h5-9,11-13H,1,10,14-15H2,2-4H3,(H,25,29). The molecule has 0 aliphatic rings. The van der Waals surface area contributed by atoms with E-state index in [0.717, 1.165) is 16.9 Å². The summed E-state index contributed by atoms with van der Waals surface area (Å²) in [6, 6.07) is 12.7. The van der Waals surface area contributed by atoms with Crippen LogP contribution in [0.3, 0.4) is 0 Å². The van der Waals surface area contributed by atoms with E-state index in [4.69, 9.17) is 9.47 Å². The molecule has 2 aromatic carbocycles. The molecule has 0 aliphatic heterocycles. The van der Waals surface area contributed by atoms with Crippen molar-refractivity contribution in [3.8, 4) is 5.75 Å². The van der Waals surface area contributed by atoms with E-state index in [1.807, 2.05) is 30.5 Å². The van der Waals surface area contributed by atoms with Gasteiger partial charge in [-0.25, -0.2) is 4.79 Å². The highest BCUT2D eigenvalue weighted by Gasteiger charge is 2.16. The first-order valence-corrected chi connectivity index (χ1v) is 11.2. The molecule has 0 aliphatic carbocycles. The van der Waals surface area contributed by atoms with E-state index in [2.05, 4.69) is 28.2 Å². The van der Waals surface area contributed by atoms with Gasteiger partial charge < -0.3 is 14.8 Å². The van der Waals surface area contributed by atoms with Crippen molar-refractivity contribution in [3.63, 3.8) is 0 Å². The number of ether oxygens (including phenoxy) is 2. The number of carbonyl (C=O) groups is 2. The van der Waals surface area contributed by atoms with Gasteiger partial charge in [-0.05, 0) is 49.2 Å². The van der Waals surface area contributed by atoms with Crippen molar-refractivity contribution in [1.29, 1.82) is 0 Å². The minimum atomic E-state index is -0.516. The quantitative estimate of drug-likeness (QED) is 0.272. The number of benzene rings is 2. The predicted octanol–water partition coefficient (Wildman–Crippen LogP) is 4.18. The Kier molecular flexibility index (Phi) is 8.26. The molecule has 9 heteroatoms. The number of aryl methyl sites for hydroxylation is 2. The molecule has 8 nitrogen and oxygen atoms in total. The number of aromatic nitrogens is 3. The third-order valence-electron chi connectivity index (χ3n) is 4.61. The van der Waals surface area contributed by atoms with E-state index in [1.54, 1.807) is 30.3 Å². The van der Waals surface area contributed by atoms with Gasteiger partial charge in [0.1, 0.15) is 12.4 Å². The molecule has 3 rings (SSSR count). The fourth-order valence-electron chi connectivity index (χ4n) is 3.21. The zero-order valence-electron chi connectivity index (χ0n) is 18.8. The van der Waals surface area contributed by atoms with E-state index < -0.39 is 5.97 Å². The molecule has 0 unspecified atom stereocenters. The monoisotopic (exact) mass is 466 g/mol. The van der Waals surface area contributed by atoms with Gasteiger partial charge in [0.15, 0.2) is 11.0 Å². The average Bonchev–Trinajstić information content (AvgIpc) is 3.17. The molecule has 172 valence electrons. The highest BCUT2D eigenvalue weighted by atomic mass is 32.2. The van der Waals surface area contributed by atoms with Crippen LogP contribution in [0.1, 0.15) is 27.3 Å². The lowest BCUT2D eigenvalue weighted by Gasteiger charge is -2.11. The molecule has 0 fully saturated rings. The normalized spacial score (nSPS) is 10.5. The van der Waals surface area contributed by atoms with Crippen LogP contribution in [0, 0.1) is 13.8 Å². The van der Waals surface area contributed by atoms with E-state index in [0.29, 0.717) is 28.8 Å². The van der Waals surface area contributed by atoms with Gasteiger partial charge in [0, 0.05) is 6.54 Å². The molecule has 1 aromatic heterocycles. The van der Waals surface area contributed by atoms with Crippen molar-refractivity contribution in [2.45, 2.75) is 32.2 Å². The number of para-hydroxylation sites is 1. The van der Waals surface area contributed by atoms with Gasteiger partial charge in [-0.15, -0.1) is 16.8 Å². The lowest BCUT2D eigenvalue weighted by atomic mass is 10.1. The van der Waals surface area contributed by atoms with Crippen molar-refractivity contribution in [2.24, 2.45) is 0 Å². The van der Waals surface area contributed by atoms with Crippen molar-refractivity contribution in [2.75, 3.05) is 18.2 Å². The maximum atomic E-state index is 12.5. The number of allylic oxidation sites excluding steroid dienone is 1. The van der Waals surface area contributed by atoms with E-state index in [9.17, 15) is 9.59 Å². The van der Waals surface area contributed by atoms with Crippen LogP contribution >= 0.6 is 11.8 Å². The molecule has 1 heterocycles. The maximum Gasteiger partial charge on any atom is 0.339 e. The van der Waals surface area contributed by atoms with Gasteiger partial charge in [-0.2, -0.15) is 0 Å². The Morgan fingerprint density at radius 2 is 1.88 bits per heavy atom. The zero-order chi connectivity index (χ0) is 23.8. The smallest absolute Gasteiger partial charge is 0.339 e. The van der Waals surface area contributed by atoms with Gasteiger partial charge in [0.25, 0.3) is 0 Å². The average molecular weight is 467 g/mol. The number of carbonyl (C=O) groups excluding carboxylic acids is 2. The summed E-state index contributed by atoms with van der Waals surface area (Å²) >= 11 is 1.24. The maximum absolute atomic E-state index is 12.5. The van der Waals surface area contributed by atoms with Gasteiger partial charge in [-0.3, -0.25) is 9.36 Å². The minimum Gasteiger partial charge on any atom is -0.486 e. The summed E-state index contributed by atoms with van der Waals surface area (Å²) in [5.74, 6) is 0.685. The van der Waals surface area contributed by atoms with E-state index in [1.165, 1.54) is 18.9 Å². The Labute approximate surface area is 197 Å². The number of hydrogen-bond donors (Lipinski definition) is 1. The lowest BCUT2D eigenvalue weighted by Crippen LogP contribution is -2.17. The Morgan fingerprint density at radius 3 is 2.58 bits per heavy atom. The number of nitrogens with one attached hydrogen (secondary N) is 1. The molecule has 33 heavy (non-hydrogen) atoms. The molecule has 1 N–H and O–H groups in total. The molecule has 1 amide bonds. The van der Waals surface area contributed by atoms with Crippen LogP contribution < -0.4 is 10.1 Å². The number of rotatable bonds is 10. The van der Waals surface area contributed by atoms with Gasteiger partial charge in [-0.1, -0.05) is 36.0 Å². The van der Waals surface area contributed by atoms with Crippen LogP contribution in [0.2, 0.25) is 0 Å². The molecule has 0 atom stereocenters. The van der Waals surface area contributed by atoms with Crippen LogP contribution in [0.15, 0.2) is 60.3 Å². The van der Waals surface area contributed by atoms with Crippen molar-refractivity contribution >= 4 is 29.3 Å². The zero-order valence-corrected chi connectivity index (χ0v) is 19.6. The summed E-state index contributed by atoms with van der Waals surface area (Å²) in [6.45, 7) is 8.55. The first kappa shape index (κ1) is 24.1. The van der Waals surface area contributed by atoms with Crippen LogP contribution in [-0.4, -0.2) is 39.5 Å². The summed E-state index contributed by atoms with van der Waals surface area (Å²) in [5.41, 5.74) is 2.92. The van der Waals surface area contributed by atoms with E-state index in [-0.39, 0.29) is 18.3 Å². The van der Waals surface area contributed by atoms with Crippen LogP contribution in [0.5, 0.6) is 5.75 Å². The number of amides is 1. The van der Waals surface area contributed by atoms with Crippen molar-refractivity contribution in [1.82, 2.24) is 14.8 Å². The topological polar surface area (TPSA) is 95.3 Å². The first-order chi connectivity index (χ1) is 15.9. The summed E-state index contributed by atoms with van der Waals surface area (Å²) in [4.78, 5) is 24.4.